The summed E-state index contributed by atoms with van der Waals surface area (Å²) in [6, 6.07) is 1.16. The first-order valence-corrected chi connectivity index (χ1v) is 8.03. The van der Waals surface area contributed by atoms with Crippen LogP contribution < -0.4 is 5.32 Å². The number of ether oxygens (including phenoxy) is 1. The fourth-order valence-electron chi connectivity index (χ4n) is 2.19. The van der Waals surface area contributed by atoms with Gasteiger partial charge in [-0.15, -0.1) is 0 Å². The van der Waals surface area contributed by atoms with E-state index in [9.17, 15) is 0 Å². The molecule has 0 fully saturated rings. The van der Waals surface area contributed by atoms with Gasteiger partial charge in [0.25, 0.3) is 0 Å². The fraction of sp³-hybridized carbons (Fsp3) is 1.00. The van der Waals surface area contributed by atoms with Gasteiger partial charge in [-0.25, -0.2) is 0 Å². The third-order valence-electron chi connectivity index (χ3n) is 3.41. The number of nitrogens with zero attached hydrogens (tertiary/aromatic N) is 1. The third-order valence-corrected chi connectivity index (χ3v) is 3.41. The molecule has 0 saturated carbocycles. The average Bonchev–Trinajstić information content (AvgIpc) is 2.24. The lowest BCUT2D eigenvalue weighted by Crippen LogP contribution is -2.44. The zero-order valence-corrected chi connectivity index (χ0v) is 15.3. The molecule has 0 spiro atoms. The van der Waals surface area contributed by atoms with Crippen LogP contribution in [0, 0.1) is 5.41 Å². The Morgan fingerprint density at radius 3 is 1.85 bits per heavy atom. The third kappa shape index (κ3) is 9.73. The van der Waals surface area contributed by atoms with Crippen LogP contribution in [0.15, 0.2) is 0 Å². The van der Waals surface area contributed by atoms with Crippen LogP contribution >= 0.6 is 0 Å². The Balaban J connectivity index is 3.98. The Kier molecular flexibility index (Phi) is 8.30. The summed E-state index contributed by atoms with van der Waals surface area (Å²) in [6.45, 7) is 23.7. The van der Waals surface area contributed by atoms with Crippen molar-refractivity contribution in [3.05, 3.63) is 0 Å². The highest BCUT2D eigenvalue weighted by Gasteiger charge is 2.21. The molecular weight excluding hydrogens is 248 g/mol. The van der Waals surface area contributed by atoms with Crippen LogP contribution in [0.3, 0.4) is 0 Å². The highest BCUT2D eigenvalue weighted by molar-refractivity contribution is 4.78. The molecule has 3 nitrogen and oxygen atoms in total. The summed E-state index contributed by atoms with van der Waals surface area (Å²) < 4.78 is 5.91. The van der Waals surface area contributed by atoms with Gasteiger partial charge < -0.3 is 10.1 Å². The minimum absolute atomic E-state index is 0.170. The van der Waals surface area contributed by atoms with Crippen molar-refractivity contribution >= 4 is 0 Å². The first-order chi connectivity index (χ1) is 8.94. The van der Waals surface area contributed by atoms with Crippen molar-refractivity contribution in [3.63, 3.8) is 0 Å². The number of hydrogen-bond acceptors (Lipinski definition) is 3. The van der Waals surface area contributed by atoms with E-state index in [4.69, 9.17) is 4.74 Å². The molecule has 0 aromatic rings. The van der Waals surface area contributed by atoms with Crippen molar-refractivity contribution in [1.82, 2.24) is 10.2 Å². The Bertz CT molecular complexity index is 246. The molecule has 0 aliphatic rings. The van der Waals surface area contributed by atoms with Crippen molar-refractivity contribution < 1.29 is 4.74 Å². The summed E-state index contributed by atoms with van der Waals surface area (Å²) in [5.74, 6) is 0. The van der Waals surface area contributed by atoms with Crippen molar-refractivity contribution in [2.45, 2.75) is 79.9 Å². The van der Waals surface area contributed by atoms with E-state index >= 15 is 0 Å². The van der Waals surface area contributed by atoms with Gasteiger partial charge in [-0.05, 0) is 48.5 Å². The molecule has 0 aliphatic heterocycles. The molecule has 0 radical (unpaired) electrons. The predicted octanol–water partition coefficient (Wildman–Crippen LogP) is 3.54. The molecule has 0 heterocycles. The van der Waals surface area contributed by atoms with E-state index in [-0.39, 0.29) is 11.0 Å². The van der Waals surface area contributed by atoms with Crippen LogP contribution in [-0.2, 0) is 4.74 Å². The van der Waals surface area contributed by atoms with Crippen LogP contribution in [0.5, 0.6) is 0 Å². The Hall–Kier alpha value is -0.120. The molecule has 0 saturated heterocycles. The maximum Gasteiger partial charge on any atom is 0.0593 e. The molecule has 1 N–H and O–H groups in total. The van der Waals surface area contributed by atoms with E-state index in [1.807, 2.05) is 0 Å². The molecule has 0 aromatic heterocycles. The van der Waals surface area contributed by atoms with E-state index in [1.54, 1.807) is 0 Å². The molecule has 0 unspecified atom stereocenters. The summed E-state index contributed by atoms with van der Waals surface area (Å²) in [7, 11) is 0. The van der Waals surface area contributed by atoms with Gasteiger partial charge >= 0.3 is 0 Å². The lowest BCUT2D eigenvalue weighted by atomic mass is 9.93. The average molecular weight is 287 g/mol. The Morgan fingerprint density at radius 2 is 1.45 bits per heavy atom. The minimum Gasteiger partial charge on any atom is -0.380 e. The molecule has 0 rings (SSSR count). The number of hydrogen-bond donors (Lipinski definition) is 1. The van der Waals surface area contributed by atoms with Gasteiger partial charge in [-0.2, -0.15) is 0 Å². The highest BCUT2D eigenvalue weighted by atomic mass is 16.5. The molecule has 0 atom stereocenters. The molecule has 0 amide bonds. The van der Waals surface area contributed by atoms with E-state index in [1.165, 1.54) is 0 Å². The summed E-state index contributed by atoms with van der Waals surface area (Å²) in [4.78, 5) is 2.47. The van der Waals surface area contributed by atoms with Gasteiger partial charge in [0.15, 0.2) is 0 Å². The Morgan fingerprint density at radius 1 is 0.950 bits per heavy atom. The maximum absolute atomic E-state index is 5.91. The van der Waals surface area contributed by atoms with Crippen molar-refractivity contribution in [1.29, 1.82) is 0 Å². The van der Waals surface area contributed by atoms with Gasteiger partial charge in [0.05, 0.1) is 13.2 Å². The van der Waals surface area contributed by atoms with Crippen LogP contribution in [0.25, 0.3) is 0 Å². The quantitative estimate of drug-likeness (QED) is 0.656. The number of rotatable bonds is 9. The summed E-state index contributed by atoms with van der Waals surface area (Å²) in [5, 5.41) is 3.56. The van der Waals surface area contributed by atoms with Crippen molar-refractivity contribution in [3.8, 4) is 0 Å². The maximum atomic E-state index is 5.91. The van der Waals surface area contributed by atoms with Gasteiger partial charge in [0.1, 0.15) is 0 Å². The van der Waals surface area contributed by atoms with Gasteiger partial charge in [0.2, 0.25) is 0 Å². The zero-order valence-electron chi connectivity index (χ0n) is 15.3. The molecule has 122 valence electrons. The smallest absolute Gasteiger partial charge is 0.0593 e. The van der Waals surface area contributed by atoms with Crippen LogP contribution in [0.4, 0.5) is 0 Å². The van der Waals surface area contributed by atoms with Crippen molar-refractivity contribution in [2.24, 2.45) is 5.41 Å². The summed E-state index contributed by atoms with van der Waals surface area (Å²) >= 11 is 0. The largest absolute Gasteiger partial charge is 0.380 e. The van der Waals surface area contributed by atoms with E-state index in [0.29, 0.717) is 12.1 Å². The lowest BCUT2D eigenvalue weighted by molar-refractivity contribution is 0.0334. The molecule has 0 aliphatic carbocycles. The first kappa shape index (κ1) is 19.9. The first-order valence-electron chi connectivity index (χ1n) is 8.03. The topological polar surface area (TPSA) is 24.5 Å². The van der Waals surface area contributed by atoms with Crippen LogP contribution in [0.1, 0.15) is 62.3 Å². The monoisotopic (exact) mass is 286 g/mol. The van der Waals surface area contributed by atoms with Gasteiger partial charge in [-0.1, -0.05) is 13.8 Å². The second-order valence-electron chi connectivity index (χ2n) is 8.25. The second kappa shape index (κ2) is 8.35. The molecular formula is C17H38N2O. The summed E-state index contributed by atoms with van der Waals surface area (Å²) in [6.07, 6.45) is 0. The predicted molar refractivity (Wildman–Crippen MR) is 89.3 cm³/mol. The molecule has 0 aromatic carbocycles. The zero-order chi connectivity index (χ0) is 16.0. The number of nitrogens with one attached hydrogen (secondary N) is 1. The van der Waals surface area contributed by atoms with Crippen LogP contribution in [0.2, 0.25) is 0 Å². The van der Waals surface area contributed by atoms with E-state index in [2.05, 4.69) is 72.5 Å². The second-order valence-corrected chi connectivity index (χ2v) is 8.25. The fourth-order valence-corrected chi connectivity index (χ4v) is 2.19. The molecule has 3 heteroatoms. The van der Waals surface area contributed by atoms with Gasteiger partial charge in [-0.3, -0.25) is 4.90 Å². The van der Waals surface area contributed by atoms with Crippen molar-refractivity contribution in [2.75, 3.05) is 26.3 Å². The molecule has 0 bridgehead atoms. The SMILES string of the molecule is CC(C)N(CCOCC(C)(C)CNC(C)(C)C)C(C)C. The molecule has 20 heavy (non-hydrogen) atoms. The van der Waals surface area contributed by atoms with Gasteiger partial charge in [0, 0.05) is 36.1 Å². The Labute approximate surface area is 127 Å². The highest BCUT2D eigenvalue weighted by Crippen LogP contribution is 2.16. The van der Waals surface area contributed by atoms with E-state index < -0.39 is 0 Å². The van der Waals surface area contributed by atoms with E-state index in [0.717, 1.165) is 26.3 Å². The normalized spacial score (nSPS) is 13.8. The van der Waals surface area contributed by atoms with Crippen LogP contribution in [-0.4, -0.2) is 48.8 Å². The minimum atomic E-state index is 0.170. The standard InChI is InChI=1S/C17H38N2O/c1-14(2)19(15(3)4)10-11-20-13-17(8,9)12-18-16(5,6)7/h14-15,18H,10-13H2,1-9H3. The summed E-state index contributed by atoms with van der Waals surface area (Å²) in [5.41, 5.74) is 0.344. The lowest BCUT2D eigenvalue weighted by Gasteiger charge is -2.32.